The van der Waals surface area contributed by atoms with Gasteiger partial charge in [0.2, 0.25) is 5.91 Å². The summed E-state index contributed by atoms with van der Waals surface area (Å²) in [5.41, 5.74) is 2.58. The Hall–Kier alpha value is -2.43. The average Bonchev–Trinajstić information content (AvgIpc) is 3.58. The van der Waals surface area contributed by atoms with Crippen molar-refractivity contribution in [2.45, 2.75) is 43.9 Å². The van der Waals surface area contributed by atoms with E-state index in [4.69, 9.17) is 0 Å². The molecular formula is C23H28N4O. The van der Waals surface area contributed by atoms with E-state index in [2.05, 4.69) is 33.1 Å². The first-order chi connectivity index (χ1) is 13.6. The Labute approximate surface area is 166 Å². The van der Waals surface area contributed by atoms with Crippen LogP contribution in [0.25, 0.3) is 0 Å². The maximum absolute atomic E-state index is 12.8. The first kappa shape index (κ1) is 17.7. The molecular weight excluding hydrogens is 348 g/mol. The molecule has 0 radical (unpaired) electrons. The molecule has 146 valence electrons. The molecule has 3 heterocycles. The van der Waals surface area contributed by atoms with Crippen molar-refractivity contribution >= 4 is 11.7 Å². The Morgan fingerprint density at radius 3 is 2.54 bits per heavy atom. The summed E-state index contributed by atoms with van der Waals surface area (Å²) in [6.45, 7) is 2.88. The number of amides is 1. The van der Waals surface area contributed by atoms with Gasteiger partial charge in [0, 0.05) is 44.4 Å². The fraction of sp³-hybridized carbons (Fsp3) is 0.522. The van der Waals surface area contributed by atoms with Crippen LogP contribution in [0.15, 0.2) is 42.7 Å². The van der Waals surface area contributed by atoms with Crippen LogP contribution in [0.3, 0.4) is 0 Å². The van der Waals surface area contributed by atoms with Crippen molar-refractivity contribution in [2.75, 3.05) is 31.6 Å². The van der Waals surface area contributed by atoms with Crippen LogP contribution in [0.2, 0.25) is 0 Å². The Kier molecular flexibility index (Phi) is 4.33. The van der Waals surface area contributed by atoms with Crippen LogP contribution in [0, 0.1) is 5.41 Å². The largest absolute Gasteiger partial charge is 0.356 e. The standard InChI is InChI=1S/C23H28N4O/c1-26-15-23(14-19(22(26)28)17-5-3-2-4-6-17)9-11-27(12-10-23)21-13-20(18-7-8-18)24-16-25-21/h2-6,13,16,18-19H,7-12,14-15H2,1H3/t19-/m1/s1. The van der Waals surface area contributed by atoms with Gasteiger partial charge in [-0.25, -0.2) is 9.97 Å². The molecule has 5 rings (SSSR count). The molecule has 0 unspecified atom stereocenters. The normalized spacial score (nSPS) is 24.6. The quantitative estimate of drug-likeness (QED) is 0.821. The Morgan fingerprint density at radius 1 is 1.07 bits per heavy atom. The molecule has 1 atom stereocenters. The van der Waals surface area contributed by atoms with Crippen molar-refractivity contribution in [3.8, 4) is 0 Å². The van der Waals surface area contributed by atoms with E-state index in [1.54, 1.807) is 6.33 Å². The maximum Gasteiger partial charge on any atom is 0.229 e. The van der Waals surface area contributed by atoms with Crippen molar-refractivity contribution in [2.24, 2.45) is 5.41 Å². The lowest BCUT2D eigenvalue weighted by Crippen LogP contribution is -2.53. The maximum atomic E-state index is 12.8. The van der Waals surface area contributed by atoms with Gasteiger partial charge in [-0.2, -0.15) is 0 Å². The second-order valence-corrected chi connectivity index (χ2v) is 8.92. The van der Waals surface area contributed by atoms with E-state index in [0.717, 1.165) is 50.3 Å². The first-order valence-corrected chi connectivity index (χ1v) is 10.5. The summed E-state index contributed by atoms with van der Waals surface area (Å²) >= 11 is 0. The summed E-state index contributed by atoms with van der Waals surface area (Å²) in [5, 5.41) is 0. The fourth-order valence-electron chi connectivity index (χ4n) is 5.09. The summed E-state index contributed by atoms with van der Waals surface area (Å²) in [4.78, 5) is 26.2. The van der Waals surface area contributed by atoms with Gasteiger partial charge < -0.3 is 9.80 Å². The molecule has 1 aliphatic carbocycles. The van der Waals surface area contributed by atoms with E-state index in [1.165, 1.54) is 18.5 Å². The van der Waals surface area contributed by atoms with Gasteiger partial charge in [0.15, 0.2) is 0 Å². The van der Waals surface area contributed by atoms with E-state index in [1.807, 2.05) is 30.1 Å². The Morgan fingerprint density at radius 2 is 1.82 bits per heavy atom. The van der Waals surface area contributed by atoms with Crippen LogP contribution in [-0.2, 0) is 4.79 Å². The number of nitrogens with zero attached hydrogens (tertiary/aromatic N) is 4. The summed E-state index contributed by atoms with van der Waals surface area (Å²) < 4.78 is 0. The number of piperidine rings is 2. The molecule has 2 saturated heterocycles. The topological polar surface area (TPSA) is 49.3 Å². The number of hydrogen-bond acceptors (Lipinski definition) is 4. The minimum absolute atomic E-state index is 0.00739. The fourth-order valence-corrected chi connectivity index (χ4v) is 5.09. The number of rotatable bonds is 3. The summed E-state index contributed by atoms with van der Waals surface area (Å²) in [7, 11) is 1.97. The highest BCUT2D eigenvalue weighted by Gasteiger charge is 2.45. The molecule has 28 heavy (non-hydrogen) atoms. The van der Waals surface area contributed by atoms with Crippen molar-refractivity contribution in [3.05, 3.63) is 54.0 Å². The molecule has 1 saturated carbocycles. The minimum Gasteiger partial charge on any atom is -0.356 e. The van der Waals surface area contributed by atoms with Gasteiger partial charge in [0.05, 0.1) is 5.92 Å². The molecule has 2 aromatic rings. The van der Waals surface area contributed by atoms with Crippen LogP contribution in [0.4, 0.5) is 5.82 Å². The third-order valence-electron chi connectivity index (χ3n) is 6.90. The minimum atomic E-state index is -0.00739. The number of likely N-dealkylation sites (tertiary alicyclic amines) is 1. The van der Waals surface area contributed by atoms with Gasteiger partial charge in [-0.15, -0.1) is 0 Å². The molecule has 0 bridgehead atoms. The van der Waals surface area contributed by atoms with Crippen molar-refractivity contribution in [1.29, 1.82) is 0 Å². The molecule has 2 aliphatic heterocycles. The predicted octanol–water partition coefficient (Wildman–Crippen LogP) is 3.59. The first-order valence-electron chi connectivity index (χ1n) is 10.5. The van der Waals surface area contributed by atoms with Crippen molar-refractivity contribution in [1.82, 2.24) is 14.9 Å². The van der Waals surface area contributed by atoms with Crippen LogP contribution < -0.4 is 4.90 Å². The lowest BCUT2D eigenvalue weighted by atomic mass is 9.68. The molecule has 1 aromatic heterocycles. The molecule has 3 fully saturated rings. The van der Waals surface area contributed by atoms with Crippen molar-refractivity contribution < 1.29 is 4.79 Å². The number of anilines is 1. The smallest absolute Gasteiger partial charge is 0.229 e. The Balaban J connectivity index is 1.32. The predicted molar refractivity (Wildman–Crippen MR) is 109 cm³/mol. The van der Waals surface area contributed by atoms with Gasteiger partial charge in [-0.05, 0) is 43.1 Å². The Bertz CT molecular complexity index is 856. The third kappa shape index (κ3) is 3.27. The van der Waals surface area contributed by atoms with Gasteiger partial charge in [-0.3, -0.25) is 4.79 Å². The number of aromatic nitrogens is 2. The highest BCUT2D eigenvalue weighted by Crippen LogP contribution is 2.46. The molecule has 1 spiro atoms. The lowest BCUT2D eigenvalue weighted by molar-refractivity contribution is -0.138. The zero-order valence-electron chi connectivity index (χ0n) is 16.6. The summed E-state index contributed by atoms with van der Waals surface area (Å²) in [5.74, 6) is 1.99. The second kappa shape index (κ2) is 6.87. The lowest BCUT2D eigenvalue weighted by Gasteiger charge is -2.49. The van der Waals surface area contributed by atoms with Gasteiger partial charge in [0.1, 0.15) is 12.1 Å². The van der Waals surface area contributed by atoms with Gasteiger partial charge in [0.25, 0.3) is 0 Å². The van der Waals surface area contributed by atoms with Crippen LogP contribution in [0.5, 0.6) is 0 Å². The molecule has 1 amide bonds. The number of likely N-dealkylation sites (N-methyl/N-ethyl adjacent to an activating group) is 1. The van der Waals surface area contributed by atoms with Crippen molar-refractivity contribution in [3.63, 3.8) is 0 Å². The summed E-state index contributed by atoms with van der Waals surface area (Å²) in [6, 6.07) is 12.5. The van der Waals surface area contributed by atoms with E-state index in [-0.39, 0.29) is 17.2 Å². The van der Waals surface area contributed by atoms with Gasteiger partial charge >= 0.3 is 0 Å². The van der Waals surface area contributed by atoms with Crippen LogP contribution in [0.1, 0.15) is 55.2 Å². The number of hydrogen-bond donors (Lipinski definition) is 0. The second-order valence-electron chi connectivity index (χ2n) is 8.92. The average molecular weight is 377 g/mol. The molecule has 3 aliphatic rings. The number of benzene rings is 1. The third-order valence-corrected chi connectivity index (χ3v) is 6.90. The van der Waals surface area contributed by atoms with E-state index in [9.17, 15) is 4.79 Å². The zero-order chi connectivity index (χ0) is 19.1. The highest BCUT2D eigenvalue weighted by atomic mass is 16.2. The number of carbonyl (C=O) groups is 1. The van der Waals surface area contributed by atoms with Crippen LogP contribution >= 0.6 is 0 Å². The van der Waals surface area contributed by atoms with E-state index < -0.39 is 0 Å². The zero-order valence-corrected chi connectivity index (χ0v) is 16.6. The number of carbonyl (C=O) groups excluding carboxylic acids is 1. The monoisotopic (exact) mass is 376 g/mol. The van der Waals surface area contributed by atoms with Crippen LogP contribution in [-0.4, -0.2) is 47.5 Å². The highest BCUT2D eigenvalue weighted by molar-refractivity contribution is 5.84. The molecule has 1 aromatic carbocycles. The molecule has 5 nitrogen and oxygen atoms in total. The van der Waals surface area contributed by atoms with Gasteiger partial charge in [-0.1, -0.05) is 30.3 Å². The SMILES string of the molecule is CN1CC2(CCN(c3cc(C4CC4)ncn3)CC2)C[C@H](c2ccccc2)C1=O. The molecule has 0 N–H and O–H groups in total. The van der Waals surface area contributed by atoms with E-state index >= 15 is 0 Å². The van der Waals surface area contributed by atoms with E-state index in [0.29, 0.717) is 5.92 Å². The summed E-state index contributed by atoms with van der Waals surface area (Å²) in [6.07, 6.45) is 7.44. The molecule has 5 heteroatoms.